The monoisotopic (exact) mass is 333 g/mol. The molecule has 0 bridgehead atoms. The van der Waals surface area contributed by atoms with Crippen molar-refractivity contribution in [3.63, 3.8) is 0 Å². The fourth-order valence-corrected chi connectivity index (χ4v) is 5.81. The van der Waals surface area contributed by atoms with Crippen LogP contribution in [0.1, 0.15) is 40.2 Å². The zero-order valence-corrected chi connectivity index (χ0v) is 13.4. The van der Waals surface area contributed by atoms with Crippen molar-refractivity contribution in [2.45, 2.75) is 43.5 Å². The molecule has 1 aromatic heterocycles. The first-order chi connectivity index (χ1) is 9.87. The van der Waals surface area contributed by atoms with E-state index in [1.165, 1.54) is 10.4 Å². The van der Waals surface area contributed by atoms with Crippen molar-refractivity contribution >= 4 is 27.3 Å². The van der Waals surface area contributed by atoms with Gasteiger partial charge >= 0.3 is 5.97 Å². The molecule has 0 saturated carbocycles. The summed E-state index contributed by atoms with van der Waals surface area (Å²) < 4.78 is 27.0. The van der Waals surface area contributed by atoms with Gasteiger partial charge in [-0.25, -0.2) is 13.2 Å². The molecule has 2 N–H and O–H groups in total. The summed E-state index contributed by atoms with van der Waals surface area (Å²) in [6.45, 7) is 1.99. The molecule has 0 aliphatic carbocycles. The molecule has 0 aromatic carbocycles. The van der Waals surface area contributed by atoms with E-state index in [1.807, 2.05) is 0 Å². The Morgan fingerprint density at radius 2 is 2.19 bits per heavy atom. The average Bonchev–Trinajstić information content (AvgIpc) is 2.83. The third-order valence-corrected chi connectivity index (χ3v) is 6.95. The number of aliphatic hydroxyl groups is 1. The number of sulfonamides is 1. The first kappa shape index (κ1) is 16.4. The maximum Gasteiger partial charge on any atom is 0.345 e. The van der Waals surface area contributed by atoms with Crippen molar-refractivity contribution in [3.8, 4) is 0 Å². The molecular formula is C13H19NO5S2. The van der Waals surface area contributed by atoms with Gasteiger partial charge in [-0.3, -0.25) is 0 Å². The van der Waals surface area contributed by atoms with Crippen LogP contribution in [0.4, 0.5) is 0 Å². The number of carbonyl (C=O) groups is 1. The van der Waals surface area contributed by atoms with Crippen LogP contribution in [0.2, 0.25) is 0 Å². The van der Waals surface area contributed by atoms with Crippen LogP contribution >= 0.6 is 11.3 Å². The Morgan fingerprint density at radius 3 is 2.76 bits per heavy atom. The Morgan fingerprint density at radius 1 is 1.48 bits per heavy atom. The van der Waals surface area contributed by atoms with Gasteiger partial charge in [0.15, 0.2) is 0 Å². The van der Waals surface area contributed by atoms with Crippen LogP contribution in [0.15, 0.2) is 11.0 Å². The topological polar surface area (TPSA) is 94.9 Å². The predicted molar refractivity (Wildman–Crippen MR) is 79.2 cm³/mol. The molecule has 21 heavy (non-hydrogen) atoms. The molecule has 118 valence electrons. The van der Waals surface area contributed by atoms with Crippen LogP contribution in [0, 0.1) is 6.92 Å². The highest BCUT2D eigenvalue weighted by Gasteiger charge is 2.35. The maximum absolute atomic E-state index is 12.8. The number of hydrogen-bond acceptors (Lipinski definition) is 5. The van der Waals surface area contributed by atoms with Crippen LogP contribution in [0.25, 0.3) is 0 Å². The van der Waals surface area contributed by atoms with Crippen LogP contribution in [-0.2, 0) is 10.0 Å². The first-order valence-electron chi connectivity index (χ1n) is 6.84. The molecule has 1 aliphatic rings. The van der Waals surface area contributed by atoms with Gasteiger partial charge in [0.05, 0.1) is 4.90 Å². The van der Waals surface area contributed by atoms with Gasteiger partial charge in [-0.2, -0.15) is 4.31 Å². The standard InChI is InChI=1S/C13H19NO5S2/c1-9-12(8-11(20-9)13(16)17)21(18,19)14-6-3-2-4-10(14)5-7-15/h8,10,15H,2-7H2,1H3,(H,16,17). The number of piperidine rings is 1. The zero-order valence-electron chi connectivity index (χ0n) is 11.8. The van der Waals surface area contributed by atoms with E-state index in [2.05, 4.69) is 0 Å². The molecule has 2 heterocycles. The Labute approximate surface area is 128 Å². The Hall–Kier alpha value is -0.960. The number of aliphatic hydroxyl groups excluding tert-OH is 1. The SMILES string of the molecule is Cc1sc(C(=O)O)cc1S(=O)(=O)N1CCCCC1CCO. The second-order valence-electron chi connectivity index (χ2n) is 5.11. The summed E-state index contributed by atoms with van der Waals surface area (Å²) in [6.07, 6.45) is 2.87. The van der Waals surface area contributed by atoms with E-state index in [1.54, 1.807) is 6.92 Å². The zero-order chi connectivity index (χ0) is 15.6. The van der Waals surface area contributed by atoms with E-state index in [0.717, 1.165) is 30.6 Å². The van der Waals surface area contributed by atoms with Crippen molar-refractivity contribution in [2.75, 3.05) is 13.2 Å². The highest BCUT2D eigenvalue weighted by atomic mass is 32.2. The van der Waals surface area contributed by atoms with Gasteiger partial charge in [-0.05, 0) is 32.3 Å². The number of carboxylic acids is 1. The van der Waals surface area contributed by atoms with Crippen LogP contribution in [0.3, 0.4) is 0 Å². The van der Waals surface area contributed by atoms with E-state index in [9.17, 15) is 13.2 Å². The molecule has 1 fully saturated rings. The van der Waals surface area contributed by atoms with Crippen molar-refractivity contribution < 1.29 is 23.4 Å². The average molecular weight is 333 g/mol. The number of carboxylic acid groups (broad SMARTS) is 1. The van der Waals surface area contributed by atoms with Gasteiger partial charge in [0.2, 0.25) is 10.0 Å². The van der Waals surface area contributed by atoms with E-state index >= 15 is 0 Å². The largest absolute Gasteiger partial charge is 0.477 e. The van der Waals surface area contributed by atoms with Crippen molar-refractivity contribution in [1.82, 2.24) is 4.31 Å². The third kappa shape index (κ3) is 3.28. The fraction of sp³-hybridized carbons (Fsp3) is 0.615. The molecule has 6 nitrogen and oxygen atoms in total. The summed E-state index contributed by atoms with van der Waals surface area (Å²) in [6, 6.07) is 1.03. The number of aryl methyl sites for hydroxylation is 1. The smallest absolute Gasteiger partial charge is 0.345 e. The summed E-state index contributed by atoms with van der Waals surface area (Å²) >= 11 is 0.973. The molecule has 2 rings (SSSR count). The first-order valence-corrected chi connectivity index (χ1v) is 9.10. The number of hydrogen-bond donors (Lipinski definition) is 2. The Bertz CT molecular complexity index is 621. The molecule has 1 atom stereocenters. The highest BCUT2D eigenvalue weighted by Crippen LogP contribution is 2.32. The Kier molecular flexibility index (Phi) is 5.03. The second-order valence-corrected chi connectivity index (χ2v) is 8.23. The van der Waals surface area contributed by atoms with Gasteiger partial charge in [-0.15, -0.1) is 11.3 Å². The van der Waals surface area contributed by atoms with Gasteiger partial charge in [0.1, 0.15) is 4.88 Å². The molecule has 1 saturated heterocycles. The third-order valence-electron chi connectivity index (χ3n) is 3.71. The molecule has 1 unspecified atom stereocenters. The normalized spacial score (nSPS) is 20.6. The molecule has 0 radical (unpaired) electrons. The predicted octanol–water partition coefficient (Wildman–Crippen LogP) is 1.68. The highest BCUT2D eigenvalue weighted by molar-refractivity contribution is 7.89. The van der Waals surface area contributed by atoms with Crippen LogP contribution < -0.4 is 0 Å². The minimum Gasteiger partial charge on any atom is -0.477 e. The van der Waals surface area contributed by atoms with Gasteiger partial charge in [0.25, 0.3) is 0 Å². The lowest BCUT2D eigenvalue weighted by atomic mass is 10.0. The fourth-order valence-electron chi connectivity index (χ4n) is 2.68. The van der Waals surface area contributed by atoms with Crippen molar-refractivity contribution in [2.24, 2.45) is 0 Å². The summed E-state index contributed by atoms with van der Waals surface area (Å²) in [5.41, 5.74) is 0. The number of nitrogens with zero attached hydrogens (tertiary/aromatic N) is 1. The number of aromatic carboxylic acids is 1. The van der Waals surface area contributed by atoms with Crippen LogP contribution in [-0.4, -0.2) is 48.1 Å². The second kappa shape index (κ2) is 6.43. The lowest BCUT2D eigenvalue weighted by Gasteiger charge is -2.34. The van der Waals surface area contributed by atoms with E-state index in [0.29, 0.717) is 17.8 Å². The molecular weight excluding hydrogens is 314 g/mol. The number of rotatable bonds is 5. The minimum atomic E-state index is -3.71. The van der Waals surface area contributed by atoms with Crippen molar-refractivity contribution in [1.29, 1.82) is 0 Å². The lowest BCUT2D eigenvalue weighted by Crippen LogP contribution is -2.44. The van der Waals surface area contributed by atoms with Gasteiger partial charge in [-0.1, -0.05) is 6.42 Å². The molecule has 8 heteroatoms. The summed E-state index contributed by atoms with van der Waals surface area (Å²) in [7, 11) is -3.71. The molecule has 0 amide bonds. The summed E-state index contributed by atoms with van der Waals surface area (Å²) in [5, 5.41) is 18.1. The van der Waals surface area contributed by atoms with E-state index < -0.39 is 16.0 Å². The summed E-state index contributed by atoms with van der Waals surface area (Å²) in [4.78, 5) is 11.6. The lowest BCUT2D eigenvalue weighted by molar-refractivity contribution is 0.0702. The minimum absolute atomic E-state index is 0.0294. The molecule has 1 aromatic rings. The quantitative estimate of drug-likeness (QED) is 0.855. The van der Waals surface area contributed by atoms with E-state index in [-0.39, 0.29) is 22.4 Å². The number of thiophene rings is 1. The molecule has 0 spiro atoms. The Balaban J connectivity index is 2.38. The molecule has 1 aliphatic heterocycles. The van der Waals surface area contributed by atoms with Gasteiger partial charge < -0.3 is 10.2 Å². The summed E-state index contributed by atoms with van der Waals surface area (Å²) in [5.74, 6) is -1.12. The van der Waals surface area contributed by atoms with Crippen molar-refractivity contribution in [3.05, 3.63) is 15.8 Å². The maximum atomic E-state index is 12.8. The van der Waals surface area contributed by atoms with E-state index in [4.69, 9.17) is 10.2 Å². The van der Waals surface area contributed by atoms with Crippen LogP contribution in [0.5, 0.6) is 0 Å². The van der Waals surface area contributed by atoms with Gasteiger partial charge in [0, 0.05) is 24.1 Å².